The maximum atomic E-state index is 10.2. The molecular formula is C15H17BrClNO3. The number of piperidine rings is 1. The Morgan fingerprint density at radius 3 is 3.10 bits per heavy atom. The summed E-state index contributed by atoms with van der Waals surface area (Å²) in [5.41, 5.74) is 1.99. The van der Waals surface area contributed by atoms with Crippen LogP contribution in [0.2, 0.25) is 5.02 Å². The molecule has 0 aliphatic carbocycles. The van der Waals surface area contributed by atoms with Gasteiger partial charge in [0.05, 0.1) is 16.1 Å². The van der Waals surface area contributed by atoms with Crippen molar-refractivity contribution in [2.45, 2.75) is 24.7 Å². The predicted molar refractivity (Wildman–Crippen MR) is 84.7 cm³/mol. The van der Waals surface area contributed by atoms with Gasteiger partial charge >= 0.3 is 0 Å². The topological polar surface area (TPSA) is 41.9 Å². The van der Waals surface area contributed by atoms with Crippen LogP contribution in [0, 0.1) is 0 Å². The molecule has 0 aromatic heterocycles. The standard InChI is InChI=1S/C15H17BrClNO3/c1-8-5-12-10(6-18(8)13(19)7-20-2)9-3-4-11(17)14(16)15(9)21-12/h3-4,10,12-13,19H,1,5-7H2,2H3. The summed E-state index contributed by atoms with van der Waals surface area (Å²) in [5.74, 6) is 1.01. The van der Waals surface area contributed by atoms with Crippen LogP contribution in [-0.4, -0.2) is 42.6 Å². The Hall–Kier alpha value is -0.750. The van der Waals surface area contributed by atoms with Gasteiger partial charge in [0.25, 0.3) is 0 Å². The van der Waals surface area contributed by atoms with E-state index in [1.807, 2.05) is 17.0 Å². The van der Waals surface area contributed by atoms with Crippen molar-refractivity contribution in [3.63, 3.8) is 0 Å². The molecule has 2 aliphatic rings. The molecule has 2 heterocycles. The van der Waals surface area contributed by atoms with Crippen LogP contribution in [0.25, 0.3) is 0 Å². The van der Waals surface area contributed by atoms with Crippen molar-refractivity contribution in [2.75, 3.05) is 20.3 Å². The molecule has 0 radical (unpaired) electrons. The van der Waals surface area contributed by atoms with E-state index in [1.165, 1.54) is 0 Å². The van der Waals surface area contributed by atoms with E-state index in [4.69, 9.17) is 21.1 Å². The van der Waals surface area contributed by atoms with E-state index < -0.39 is 6.23 Å². The number of halogens is 2. The summed E-state index contributed by atoms with van der Waals surface area (Å²) >= 11 is 9.61. The van der Waals surface area contributed by atoms with Crippen LogP contribution in [0.3, 0.4) is 0 Å². The zero-order valence-corrected chi connectivity index (χ0v) is 14.0. The number of hydrogen-bond donors (Lipinski definition) is 1. The number of nitrogens with zero attached hydrogens (tertiary/aromatic N) is 1. The van der Waals surface area contributed by atoms with Gasteiger partial charge < -0.3 is 19.5 Å². The van der Waals surface area contributed by atoms with Crippen molar-refractivity contribution in [3.05, 3.63) is 39.5 Å². The SMILES string of the molecule is C=C1CC2Oc3c(ccc(Cl)c3Br)C2CN1C(O)COC. The number of hydrogen-bond acceptors (Lipinski definition) is 4. The third-order valence-corrected chi connectivity index (χ3v) is 5.44. The Kier molecular flexibility index (Phi) is 4.19. The molecule has 114 valence electrons. The fourth-order valence-electron chi connectivity index (χ4n) is 3.05. The van der Waals surface area contributed by atoms with E-state index in [-0.39, 0.29) is 18.6 Å². The van der Waals surface area contributed by atoms with Crippen molar-refractivity contribution < 1.29 is 14.6 Å². The number of rotatable bonds is 3. The van der Waals surface area contributed by atoms with Crippen LogP contribution < -0.4 is 4.74 Å². The van der Waals surface area contributed by atoms with Crippen LogP contribution in [-0.2, 0) is 4.74 Å². The smallest absolute Gasteiger partial charge is 0.150 e. The highest BCUT2D eigenvalue weighted by atomic mass is 79.9. The predicted octanol–water partition coefficient (Wildman–Crippen LogP) is 3.13. The number of aliphatic hydroxyl groups excluding tert-OH is 1. The van der Waals surface area contributed by atoms with Crippen molar-refractivity contribution >= 4 is 27.5 Å². The van der Waals surface area contributed by atoms with Gasteiger partial charge in [-0.15, -0.1) is 0 Å². The first kappa shape index (κ1) is 15.2. The van der Waals surface area contributed by atoms with Gasteiger partial charge in [-0.3, -0.25) is 0 Å². The van der Waals surface area contributed by atoms with Crippen molar-refractivity contribution in [3.8, 4) is 5.75 Å². The first-order chi connectivity index (χ1) is 10.0. The summed E-state index contributed by atoms with van der Waals surface area (Å²) in [7, 11) is 1.58. The van der Waals surface area contributed by atoms with E-state index in [2.05, 4.69) is 22.5 Å². The molecule has 0 saturated carbocycles. The van der Waals surface area contributed by atoms with Crippen molar-refractivity contribution in [1.82, 2.24) is 4.90 Å². The Morgan fingerprint density at radius 1 is 1.62 bits per heavy atom. The average Bonchev–Trinajstić information content (AvgIpc) is 2.80. The number of aliphatic hydroxyl groups is 1. The number of fused-ring (bicyclic) bond motifs is 3. The first-order valence-electron chi connectivity index (χ1n) is 6.79. The van der Waals surface area contributed by atoms with Crippen LogP contribution in [0.1, 0.15) is 17.9 Å². The Bertz CT molecular complexity index is 580. The van der Waals surface area contributed by atoms with E-state index in [0.29, 0.717) is 18.0 Å². The summed E-state index contributed by atoms with van der Waals surface area (Å²) < 4.78 is 11.9. The minimum atomic E-state index is -0.678. The molecule has 0 amide bonds. The number of benzene rings is 1. The summed E-state index contributed by atoms with van der Waals surface area (Å²) in [6, 6.07) is 3.87. The molecule has 21 heavy (non-hydrogen) atoms. The molecule has 2 aliphatic heterocycles. The van der Waals surface area contributed by atoms with Gasteiger partial charge in [0.1, 0.15) is 18.1 Å². The molecule has 0 bridgehead atoms. The van der Waals surface area contributed by atoms with Gasteiger partial charge in [0.15, 0.2) is 0 Å². The molecule has 3 rings (SSSR count). The largest absolute Gasteiger partial charge is 0.488 e. The van der Waals surface area contributed by atoms with Crippen LogP contribution in [0.4, 0.5) is 0 Å². The molecule has 1 saturated heterocycles. The molecule has 3 atom stereocenters. The second-order valence-electron chi connectivity index (χ2n) is 5.40. The second-order valence-corrected chi connectivity index (χ2v) is 6.60. The third kappa shape index (κ3) is 2.57. The minimum absolute atomic E-state index is 0.0493. The Morgan fingerprint density at radius 2 is 2.38 bits per heavy atom. The first-order valence-corrected chi connectivity index (χ1v) is 7.96. The molecular weight excluding hydrogens is 358 g/mol. The monoisotopic (exact) mass is 373 g/mol. The molecule has 1 fully saturated rings. The quantitative estimate of drug-likeness (QED) is 0.882. The van der Waals surface area contributed by atoms with Gasteiger partial charge in [0, 0.05) is 37.3 Å². The fraction of sp³-hybridized carbons (Fsp3) is 0.467. The van der Waals surface area contributed by atoms with E-state index >= 15 is 0 Å². The van der Waals surface area contributed by atoms with Gasteiger partial charge in [-0.25, -0.2) is 0 Å². The van der Waals surface area contributed by atoms with Gasteiger partial charge in [0.2, 0.25) is 0 Å². The van der Waals surface area contributed by atoms with Crippen LogP contribution >= 0.6 is 27.5 Å². The molecule has 4 nitrogen and oxygen atoms in total. The zero-order valence-electron chi connectivity index (χ0n) is 11.7. The minimum Gasteiger partial charge on any atom is -0.488 e. The normalized spacial score (nSPS) is 25.3. The maximum Gasteiger partial charge on any atom is 0.150 e. The lowest BCUT2D eigenvalue weighted by atomic mass is 9.88. The lowest BCUT2D eigenvalue weighted by Crippen LogP contribution is -2.46. The maximum absolute atomic E-state index is 10.2. The van der Waals surface area contributed by atoms with E-state index in [1.54, 1.807) is 7.11 Å². The average molecular weight is 375 g/mol. The van der Waals surface area contributed by atoms with Gasteiger partial charge in [-0.05, 0) is 22.0 Å². The summed E-state index contributed by atoms with van der Waals surface area (Å²) in [6.45, 7) is 4.97. The number of methoxy groups -OCH3 is 1. The lowest BCUT2D eigenvalue weighted by Gasteiger charge is -2.39. The van der Waals surface area contributed by atoms with Crippen molar-refractivity contribution in [2.24, 2.45) is 0 Å². The second kappa shape index (κ2) is 5.80. The molecule has 1 aromatic carbocycles. The lowest BCUT2D eigenvalue weighted by molar-refractivity contribution is -0.0473. The number of likely N-dealkylation sites (tertiary alicyclic amines) is 1. The summed E-state index contributed by atoms with van der Waals surface area (Å²) in [6.07, 6.45) is 0.0565. The fourth-order valence-corrected chi connectivity index (χ4v) is 3.66. The van der Waals surface area contributed by atoms with Gasteiger partial charge in [-0.1, -0.05) is 24.2 Å². The van der Waals surface area contributed by atoms with Crippen LogP contribution in [0.15, 0.2) is 28.9 Å². The van der Waals surface area contributed by atoms with E-state index in [9.17, 15) is 5.11 Å². The highest BCUT2D eigenvalue weighted by Gasteiger charge is 2.42. The van der Waals surface area contributed by atoms with E-state index in [0.717, 1.165) is 21.5 Å². The molecule has 3 unspecified atom stereocenters. The summed E-state index contributed by atoms with van der Waals surface area (Å²) in [4.78, 5) is 1.89. The third-order valence-electron chi connectivity index (χ3n) is 4.11. The Labute approximate surface area is 137 Å². The molecule has 6 heteroatoms. The van der Waals surface area contributed by atoms with Crippen molar-refractivity contribution in [1.29, 1.82) is 0 Å². The Balaban J connectivity index is 1.88. The summed E-state index contributed by atoms with van der Waals surface area (Å²) in [5, 5.41) is 10.8. The highest BCUT2D eigenvalue weighted by Crippen LogP contribution is 2.49. The van der Waals surface area contributed by atoms with Gasteiger partial charge in [-0.2, -0.15) is 0 Å². The van der Waals surface area contributed by atoms with Crippen LogP contribution in [0.5, 0.6) is 5.75 Å². The highest BCUT2D eigenvalue weighted by molar-refractivity contribution is 9.10. The molecule has 0 spiro atoms. The zero-order chi connectivity index (χ0) is 15.1. The molecule has 1 aromatic rings. The number of ether oxygens (including phenoxy) is 2. The molecule has 1 N–H and O–H groups in total.